The normalized spacial score (nSPS) is 13.1. The molecule has 0 spiro atoms. The highest BCUT2D eigenvalue weighted by molar-refractivity contribution is 9.10. The predicted octanol–water partition coefficient (Wildman–Crippen LogP) is 3.25. The molecular formula is C11H16BrCl2NO2. The number of halogens is 3. The molecule has 0 heterocycles. The van der Waals surface area contributed by atoms with Crippen LogP contribution in [0.1, 0.15) is 25.5 Å². The Balaban J connectivity index is 0.00000256. The van der Waals surface area contributed by atoms with Gasteiger partial charge in [0.05, 0.1) is 4.47 Å². The van der Waals surface area contributed by atoms with Crippen LogP contribution in [0.2, 0.25) is 5.02 Å². The predicted molar refractivity (Wildman–Crippen MR) is 75.9 cm³/mol. The summed E-state index contributed by atoms with van der Waals surface area (Å²) in [5.41, 5.74) is 6.02. The zero-order chi connectivity index (χ0) is 12.5. The van der Waals surface area contributed by atoms with Gasteiger partial charge in [-0.1, -0.05) is 25.4 Å². The molecule has 0 saturated heterocycles. The third-order valence-corrected chi connectivity index (χ3v) is 3.46. The van der Waals surface area contributed by atoms with E-state index < -0.39 is 11.5 Å². The van der Waals surface area contributed by atoms with Crippen LogP contribution >= 0.6 is 39.9 Å². The van der Waals surface area contributed by atoms with E-state index in [0.717, 1.165) is 0 Å². The molecule has 4 N–H and O–H groups in total. The van der Waals surface area contributed by atoms with Crippen molar-refractivity contribution in [3.8, 4) is 5.75 Å². The van der Waals surface area contributed by atoms with Crippen molar-refractivity contribution in [3.63, 3.8) is 0 Å². The summed E-state index contributed by atoms with van der Waals surface area (Å²) in [6.07, 6.45) is 0. The summed E-state index contributed by atoms with van der Waals surface area (Å²) in [7, 11) is 0. The number of nitrogens with two attached hydrogens (primary N) is 1. The summed E-state index contributed by atoms with van der Waals surface area (Å²) in [5, 5.41) is 19.6. The Bertz CT molecular complexity index is 399. The van der Waals surface area contributed by atoms with Crippen molar-refractivity contribution in [2.24, 2.45) is 11.1 Å². The number of phenolic OH excluding ortho intramolecular Hbond substituents is 1. The van der Waals surface area contributed by atoms with E-state index in [1.54, 1.807) is 12.1 Å². The lowest BCUT2D eigenvalue weighted by Gasteiger charge is -2.30. The van der Waals surface area contributed by atoms with Crippen LogP contribution in [0, 0.1) is 5.41 Å². The fourth-order valence-electron chi connectivity index (χ4n) is 1.34. The lowest BCUT2D eigenvalue weighted by molar-refractivity contribution is 0.131. The van der Waals surface area contributed by atoms with Gasteiger partial charge < -0.3 is 15.9 Å². The van der Waals surface area contributed by atoms with E-state index in [1.807, 2.05) is 13.8 Å². The molecule has 1 rings (SSSR count). The van der Waals surface area contributed by atoms with Gasteiger partial charge >= 0.3 is 0 Å². The topological polar surface area (TPSA) is 66.5 Å². The van der Waals surface area contributed by atoms with Gasteiger partial charge in [0.25, 0.3) is 0 Å². The number of rotatable bonds is 3. The maximum atomic E-state index is 9.88. The average molecular weight is 345 g/mol. The zero-order valence-corrected chi connectivity index (χ0v) is 12.7. The summed E-state index contributed by atoms with van der Waals surface area (Å²) in [6.45, 7) is 3.58. The highest BCUT2D eigenvalue weighted by Crippen LogP contribution is 2.40. The Morgan fingerprint density at radius 2 is 2.00 bits per heavy atom. The number of phenols is 1. The molecule has 0 aliphatic rings. The highest BCUT2D eigenvalue weighted by Gasteiger charge is 2.29. The summed E-state index contributed by atoms with van der Waals surface area (Å²) >= 11 is 9.10. The van der Waals surface area contributed by atoms with Crippen LogP contribution in [-0.4, -0.2) is 16.8 Å². The molecule has 1 aromatic rings. The minimum Gasteiger partial charge on any atom is -0.506 e. The quantitative estimate of drug-likeness (QED) is 0.788. The second-order valence-electron chi connectivity index (χ2n) is 4.45. The lowest BCUT2D eigenvalue weighted by Crippen LogP contribution is -2.32. The fraction of sp³-hybridized carbons (Fsp3) is 0.455. The largest absolute Gasteiger partial charge is 0.506 e. The molecule has 98 valence electrons. The van der Waals surface area contributed by atoms with Gasteiger partial charge in [-0.05, 0) is 28.1 Å². The Morgan fingerprint density at radius 3 is 2.47 bits per heavy atom. The molecule has 0 bridgehead atoms. The average Bonchev–Trinajstić information content (AvgIpc) is 2.22. The first-order chi connectivity index (χ1) is 7.29. The van der Waals surface area contributed by atoms with Gasteiger partial charge in [0, 0.05) is 28.6 Å². The SMILES string of the molecule is CC(C)(CO)[C@H](N)c1cc(Cl)cc(Br)c1O.Cl. The molecule has 3 nitrogen and oxygen atoms in total. The van der Waals surface area contributed by atoms with Gasteiger partial charge in [-0.3, -0.25) is 0 Å². The molecule has 0 aliphatic heterocycles. The molecule has 6 heteroatoms. The summed E-state index contributed by atoms with van der Waals surface area (Å²) in [5.74, 6) is 0.0680. The van der Waals surface area contributed by atoms with Gasteiger partial charge in [-0.2, -0.15) is 0 Å². The van der Waals surface area contributed by atoms with Gasteiger partial charge in [-0.25, -0.2) is 0 Å². The van der Waals surface area contributed by atoms with Crippen molar-refractivity contribution in [1.29, 1.82) is 0 Å². The van der Waals surface area contributed by atoms with Crippen molar-refractivity contribution in [2.75, 3.05) is 6.61 Å². The second kappa shape index (κ2) is 6.25. The van der Waals surface area contributed by atoms with Crippen molar-refractivity contribution in [1.82, 2.24) is 0 Å². The van der Waals surface area contributed by atoms with Crippen molar-refractivity contribution < 1.29 is 10.2 Å². The highest BCUT2D eigenvalue weighted by atomic mass is 79.9. The molecule has 0 fully saturated rings. The van der Waals surface area contributed by atoms with Gasteiger partial charge in [0.2, 0.25) is 0 Å². The van der Waals surface area contributed by atoms with Crippen LogP contribution in [0.3, 0.4) is 0 Å². The lowest BCUT2D eigenvalue weighted by atomic mass is 9.81. The van der Waals surface area contributed by atoms with E-state index in [9.17, 15) is 10.2 Å². The summed E-state index contributed by atoms with van der Waals surface area (Å²) < 4.78 is 0.499. The van der Waals surface area contributed by atoms with E-state index in [1.165, 1.54) is 0 Å². The summed E-state index contributed by atoms with van der Waals surface area (Å²) in [4.78, 5) is 0. The molecule has 0 radical (unpaired) electrons. The molecule has 17 heavy (non-hydrogen) atoms. The number of aromatic hydroxyl groups is 1. The Hall–Kier alpha value is -0.000000000000000111. The fourth-order valence-corrected chi connectivity index (χ4v) is 2.18. The molecule has 0 aromatic heterocycles. The number of hydrogen-bond acceptors (Lipinski definition) is 3. The smallest absolute Gasteiger partial charge is 0.134 e. The third-order valence-electron chi connectivity index (χ3n) is 2.64. The number of aliphatic hydroxyl groups excluding tert-OH is 1. The Labute approximate surface area is 121 Å². The standard InChI is InChI=1S/C11H15BrClNO2.ClH/c1-11(2,5-15)10(14)7-3-6(13)4-8(12)9(7)16;/h3-4,10,15-16H,5,14H2,1-2H3;1H/t10-;/m1./s1. The van der Waals surface area contributed by atoms with Crippen LogP contribution < -0.4 is 5.73 Å². The van der Waals surface area contributed by atoms with E-state index in [2.05, 4.69) is 15.9 Å². The molecule has 0 saturated carbocycles. The van der Waals surface area contributed by atoms with Gasteiger partial charge in [-0.15, -0.1) is 12.4 Å². The maximum absolute atomic E-state index is 9.88. The van der Waals surface area contributed by atoms with Crippen LogP contribution in [-0.2, 0) is 0 Å². The van der Waals surface area contributed by atoms with Crippen molar-refractivity contribution in [2.45, 2.75) is 19.9 Å². The van der Waals surface area contributed by atoms with E-state index in [4.69, 9.17) is 17.3 Å². The maximum Gasteiger partial charge on any atom is 0.134 e. The number of hydrogen-bond donors (Lipinski definition) is 3. The minimum absolute atomic E-state index is 0. The minimum atomic E-state index is -0.526. The molecular weight excluding hydrogens is 329 g/mol. The van der Waals surface area contributed by atoms with Gasteiger partial charge in [0.15, 0.2) is 0 Å². The zero-order valence-electron chi connectivity index (χ0n) is 9.58. The number of aliphatic hydroxyl groups is 1. The molecule has 0 unspecified atom stereocenters. The van der Waals surface area contributed by atoms with Crippen molar-refractivity contribution in [3.05, 3.63) is 27.2 Å². The summed E-state index contributed by atoms with van der Waals surface area (Å²) in [6, 6.07) is 2.72. The third kappa shape index (κ3) is 3.73. The van der Waals surface area contributed by atoms with E-state index >= 15 is 0 Å². The first kappa shape index (κ1) is 17.0. The second-order valence-corrected chi connectivity index (χ2v) is 5.74. The molecule has 0 aliphatic carbocycles. The van der Waals surface area contributed by atoms with Crippen LogP contribution in [0.15, 0.2) is 16.6 Å². The molecule has 1 aromatic carbocycles. The Kier molecular flexibility index (Phi) is 6.25. The molecule has 1 atom stereocenters. The van der Waals surface area contributed by atoms with Crippen LogP contribution in [0.5, 0.6) is 5.75 Å². The van der Waals surface area contributed by atoms with Crippen LogP contribution in [0.4, 0.5) is 0 Å². The van der Waals surface area contributed by atoms with Crippen LogP contribution in [0.25, 0.3) is 0 Å². The van der Waals surface area contributed by atoms with Crippen molar-refractivity contribution >= 4 is 39.9 Å². The first-order valence-electron chi connectivity index (χ1n) is 4.84. The van der Waals surface area contributed by atoms with Gasteiger partial charge in [0.1, 0.15) is 5.75 Å². The number of benzene rings is 1. The van der Waals surface area contributed by atoms with E-state index in [-0.39, 0.29) is 24.8 Å². The monoisotopic (exact) mass is 343 g/mol. The molecule has 0 amide bonds. The van der Waals surface area contributed by atoms with E-state index in [0.29, 0.717) is 15.1 Å². The Morgan fingerprint density at radius 1 is 1.47 bits per heavy atom. The first-order valence-corrected chi connectivity index (χ1v) is 6.01.